The number of piperidine rings is 1. The fourth-order valence-electron chi connectivity index (χ4n) is 3.19. The van der Waals surface area contributed by atoms with E-state index >= 15 is 0 Å². The number of hydrogen-bond donors (Lipinski definition) is 0. The van der Waals surface area contributed by atoms with E-state index in [0.29, 0.717) is 42.7 Å². The molecule has 3 heterocycles. The van der Waals surface area contributed by atoms with Crippen molar-refractivity contribution >= 4 is 5.91 Å². The van der Waals surface area contributed by atoms with Crippen molar-refractivity contribution in [3.05, 3.63) is 42.4 Å². The molecule has 1 aliphatic heterocycles. The second-order valence-corrected chi connectivity index (χ2v) is 6.67. The van der Waals surface area contributed by atoms with E-state index in [0.717, 1.165) is 12.8 Å². The standard InChI is InChI=1S/C19H22N6O3/c1-2-17-20-19(28-22-17)16-12-25(23-21-16)14-8-10-24(11-9-14)18(26)13-27-15-6-4-3-5-7-15/h3-7,12,14H,2,8-11,13H2,1H3. The van der Waals surface area contributed by atoms with Crippen LogP contribution in [0.4, 0.5) is 0 Å². The van der Waals surface area contributed by atoms with Crippen molar-refractivity contribution in [2.75, 3.05) is 19.7 Å². The zero-order valence-corrected chi connectivity index (χ0v) is 15.7. The van der Waals surface area contributed by atoms with Crippen LogP contribution in [-0.4, -0.2) is 55.6 Å². The Kier molecular flexibility index (Phi) is 5.31. The molecule has 0 saturated carbocycles. The Hall–Kier alpha value is -3.23. The van der Waals surface area contributed by atoms with Crippen molar-refractivity contribution in [1.82, 2.24) is 30.0 Å². The highest BCUT2D eigenvalue weighted by atomic mass is 16.5. The molecule has 1 fully saturated rings. The van der Waals surface area contributed by atoms with Gasteiger partial charge in [-0.1, -0.05) is 35.5 Å². The van der Waals surface area contributed by atoms with Crippen LogP contribution in [0.2, 0.25) is 0 Å². The summed E-state index contributed by atoms with van der Waals surface area (Å²) in [7, 11) is 0. The number of hydrogen-bond acceptors (Lipinski definition) is 7. The Labute approximate surface area is 162 Å². The van der Waals surface area contributed by atoms with Crippen molar-refractivity contribution < 1.29 is 14.1 Å². The van der Waals surface area contributed by atoms with Gasteiger partial charge in [0.25, 0.3) is 11.8 Å². The first kappa shape index (κ1) is 18.1. The van der Waals surface area contributed by atoms with E-state index in [1.54, 1.807) is 0 Å². The minimum atomic E-state index is -0.000428. The second kappa shape index (κ2) is 8.20. The average molecular weight is 382 g/mol. The number of nitrogens with zero attached hydrogens (tertiary/aromatic N) is 6. The largest absolute Gasteiger partial charge is 0.484 e. The van der Waals surface area contributed by atoms with Gasteiger partial charge in [0.1, 0.15) is 5.75 Å². The third-order valence-electron chi connectivity index (χ3n) is 4.81. The maximum Gasteiger partial charge on any atom is 0.280 e. The van der Waals surface area contributed by atoms with Crippen LogP contribution in [0, 0.1) is 0 Å². The highest BCUT2D eigenvalue weighted by Crippen LogP contribution is 2.24. The van der Waals surface area contributed by atoms with Gasteiger partial charge < -0.3 is 14.2 Å². The van der Waals surface area contributed by atoms with Gasteiger partial charge in [0, 0.05) is 19.5 Å². The molecule has 0 bridgehead atoms. The third kappa shape index (κ3) is 4.03. The first-order valence-corrected chi connectivity index (χ1v) is 9.43. The smallest absolute Gasteiger partial charge is 0.280 e. The van der Waals surface area contributed by atoms with Gasteiger partial charge in [-0.3, -0.25) is 4.79 Å². The molecular formula is C19H22N6O3. The molecule has 146 valence electrons. The molecule has 1 aromatic carbocycles. The molecule has 28 heavy (non-hydrogen) atoms. The Morgan fingerprint density at radius 3 is 2.75 bits per heavy atom. The molecule has 1 amide bonds. The third-order valence-corrected chi connectivity index (χ3v) is 4.81. The number of ether oxygens (including phenoxy) is 1. The molecule has 2 aromatic heterocycles. The Morgan fingerprint density at radius 2 is 2.04 bits per heavy atom. The van der Waals surface area contributed by atoms with Gasteiger partial charge in [-0.15, -0.1) is 5.10 Å². The molecule has 3 aromatic rings. The Balaban J connectivity index is 1.30. The van der Waals surface area contributed by atoms with Gasteiger partial charge in [-0.05, 0) is 25.0 Å². The number of aryl methyl sites for hydroxylation is 1. The number of carbonyl (C=O) groups is 1. The molecule has 9 nitrogen and oxygen atoms in total. The van der Waals surface area contributed by atoms with E-state index < -0.39 is 0 Å². The summed E-state index contributed by atoms with van der Waals surface area (Å²) in [6.07, 6.45) is 4.15. The summed E-state index contributed by atoms with van der Waals surface area (Å²) >= 11 is 0. The van der Waals surface area contributed by atoms with Crippen LogP contribution in [-0.2, 0) is 11.2 Å². The maximum atomic E-state index is 12.4. The monoisotopic (exact) mass is 382 g/mol. The van der Waals surface area contributed by atoms with Gasteiger partial charge in [0.15, 0.2) is 18.1 Å². The van der Waals surface area contributed by atoms with Crippen LogP contribution in [0.1, 0.15) is 31.6 Å². The van der Waals surface area contributed by atoms with E-state index in [4.69, 9.17) is 9.26 Å². The molecule has 0 radical (unpaired) electrons. The van der Waals surface area contributed by atoms with Gasteiger partial charge in [-0.25, -0.2) is 4.68 Å². The number of benzene rings is 1. The van der Waals surface area contributed by atoms with E-state index in [9.17, 15) is 4.79 Å². The molecule has 0 atom stereocenters. The minimum Gasteiger partial charge on any atom is -0.484 e. The number of likely N-dealkylation sites (tertiary alicyclic amines) is 1. The normalized spacial score (nSPS) is 15.0. The van der Waals surface area contributed by atoms with Crippen LogP contribution in [0.3, 0.4) is 0 Å². The zero-order valence-electron chi connectivity index (χ0n) is 15.7. The summed E-state index contributed by atoms with van der Waals surface area (Å²) < 4.78 is 12.6. The summed E-state index contributed by atoms with van der Waals surface area (Å²) in [6, 6.07) is 9.55. The molecule has 0 N–H and O–H groups in total. The lowest BCUT2D eigenvalue weighted by Crippen LogP contribution is -2.41. The maximum absolute atomic E-state index is 12.4. The lowest BCUT2D eigenvalue weighted by atomic mass is 10.1. The summed E-state index contributed by atoms with van der Waals surface area (Å²) in [5, 5.41) is 12.2. The summed E-state index contributed by atoms with van der Waals surface area (Å²) in [6.45, 7) is 3.35. The average Bonchev–Trinajstić information content (AvgIpc) is 3.42. The lowest BCUT2D eigenvalue weighted by molar-refractivity contribution is -0.134. The van der Waals surface area contributed by atoms with Crippen molar-refractivity contribution in [3.8, 4) is 17.3 Å². The zero-order chi connectivity index (χ0) is 19.3. The van der Waals surface area contributed by atoms with Crippen molar-refractivity contribution in [1.29, 1.82) is 0 Å². The SMILES string of the molecule is CCc1noc(-c2cn(C3CCN(C(=O)COc4ccccc4)CC3)nn2)n1. The topological polar surface area (TPSA) is 99.2 Å². The van der Waals surface area contributed by atoms with Crippen LogP contribution in [0.15, 0.2) is 41.1 Å². The fraction of sp³-hybridized carbons (Fsp3) is 0.421. The van der Waals surface area contributed by atoms with Crippen molar-refractivity contribution in [2.45, 2.75) is 32.2 Å². The van der Waals surface area contributed by atoms with Gasteiger partial charge in [-0.2, -0.15) is 4.98 Å². The fourth-order valence-corrected chi connectivity index (χ4v) is 3.19. The highest BCUT2D eigenvalue weighted by molar-refractivity contribution is 5.77. The van der Waals surface area contributed by atoms with Gasteiger partial charge in [0.2, 0.25) is 0 Å². The van der Waals surface area contributed by atoms with E-state index in [1.807, 2.05) is 53.0 Å². The number of para-hydroxylation sites is 1. The Morgan fingerprint density at radius 1 is 1.25 bits per heavy atom. The van der Waals surface area contributed by atoms with Gasteiger partial charge >= 0.3 is 0 Å². The predicted octanol–water partition coefficient (Wildman–Crippen LogP) is 2.13. The molecule has 4 rings (SSSR count). The number of aromatic nitrogens is 5. The van der Waals surface area contributed by atoms with Crippen LogP contribution in [0.25, 0.3) is 11.6 Å². The van der Waals surface area contributed by atoms with Gasteiger partial charge in [0.05, 0.1) is 12.2 Å². The quantitative estimate of drug-likeness (QED) is 0.644. The van der Waals surface area contributed by atoms with Crippen molar-refractivity contribution in [3.63, 3.8) is 0 Å². The first-order valence-electron chi connectivity index (χ1n) is 9.43. The second-order valence-electron chi connectivity index (χ2n) is 6.67. The lowest BCUT2D eigenvalue weighted by Gasteiger charge is -2.31. The number of carbonyl (C=O) groups excluding carboxylic acids is 1. The van der Waals surface area contributed by atoms with E-state index in [2.05, 4.69) is 20.5 Å². The molecule has 9 heteroatoms. The molecule has 1 aliphatic rings. The number of rotatable bonds is 6. The number of amides is 1. The van der Waals surface area contributed by atoms with Crippen LogP contribution < -0.4 is 4.74 Å². The molecule has 1 saturated heterocycles. The van der Waals surface area contributed by atoms with Crippen LogP contribution in [0.5, 0.6) is 5.75 Å². The molecule has 0 aliphatic carbocycles. The Bertz CT molecular complexity index is 915. The van der Waals surface area contributed by atoms with E-state index in [-0.39, 0.29) is 18.6 Å². The molecule has 0 unspecified atom stereocenters. The molecular weight excluding hydrogens is 360 g/mol. The predicted molar refractivity (Wildman–Crippen MR) is 99.5 cm³/mol. The minimum absolute atomic E-state index is 0.000428. The summed E-state index contributed by atoms with van der Waals surface area (Å²) in [5.41, 5.74) is 0.571. The molecule has 0 spiro atoms. The first-order chi connectivity index (χ1) is 13.7. The van der Waals surface area contributed by atoms with Crippen molar-refractivity contribution in [2.24, 2.45) is 0 Å². The summed E-state index contributed by atoms with van der Waals surface area (Å²) in [5.74, 6) is 1.73. The highest BCUT2D eigenvalue weighted by Gasteiger charge is 2.25. The van der Waals surface area contributed by atoms with Crippen LogP contribution >= 0.6 is 0 Å². The van der Waals surface area contributed by atoms with E-state index in [1.165, 1.54) is 0 Å². The summed E-state index contributed by atoms with van der Waals surface area (Å²) in [4.78, 5) is 18.5.